The molecule has 0 unspecified atom stereocenters. The number of benzene rings is 1. The topological polar surface area (TPSA) is 69.7 Å². The summed E-state index contributed by atoms with van der Waals surface area (Å²) in [6, 6.07) is 7.43. The molecule has 110 valence electrons. The van der Waals surface area contributed by atoms with Crippen LogP contribution in [0.5, 0.6) is 0 Å². The number of hydrogen-bond acceptors (Lipinski definition) is 4. The van der Waals surface area contributed by atoms with Gasteiger partial charge in [-0.15, -0.1) is 11.8 Å². The van der Waals surface area contributed by atoms with Gasteiger partial charge in [-0.05, 0) is 11.6 Å². The van der Waals surface area contributed by atoms with E-state index in [0.717, 1.165) is 11.3 Å². The van der Waals surface area contributed by atoms with Crippen molar-refractivity contribution in [3.63, 3.8) is 0 Å². The summed E-state index contributed by atoms with van der Waals surface area (Å²) in [5.41, 5.74) is 1.64. The fourth-order valence-electron chi connectivity index (χ4n) is 2.38. The molecule has 3 rings (SSSR count). The Hall–Kier alpha value is -2.02. The highest BCUT2D eigenvalue weighted by Gasteiger charge is 2.28. The minimum atomic E-state index is -0.213. The van der Waals surface area contributed by atoms with Crippen molar-refractivity contribution in [2.45, 2.75) is 6.54 Å². The number of nitrogens with zero attached hydrogens (tertiary/aromatic N) is 2. The van der Waals surface area contributed by atoms with Gasteiger partial charge in [-0.25, -0.2) is 0 Å². The monoisotopic (exact) mass is 305 g/mol. The number of rotatable bonds is 2. The van der Waals surface area contributed by atoms with Crippen molar-refractivity contribution in [2.75, 3.05) is 30.0 Å². The molecule has 1 aromatic rings. The zero-order valence-electron chi connectivity index (χ0n) is 11.4. The van der Waals surface area contributed by atoms with E-state index in [-0.39, 0.29) is 30.8 Å². The lowest BCUT2D eigenvalue weighted by Gasteiger charge is -2.22. The summed E-state index contributed by atoms with van der Waals surface area (Å²) >= 11 is 1.50. The van der Waals surface area contributed by atoms with Gasteiger partial charge in [0.15, 0.2) is 0 Å². The summed E-state index contributed by atoms with van der Waals surface area (Å²) in [7, 11) is 0. The van der Waals surface area contributed by atoms with Crippen molar-refractivity contribution in [3.05, 3.63) is 29.8 Å². The first-order valence-corrected chi connectivity index (χ1v) is 7.80. The molecule has 1 saturated heterocycles. The molecule has 3 amide bonds. The lowest BCUT2D eigenvalue weighted by molar-refractivity contribution is -0.139. The van der Waals surface area contributed by atoms with Crippen LogP contribution in [0, 0.1) is 0 Å². The molecule has 1 N–H and O–H groups in total. The van der Waals surface area contributed by atoms with Crippen LogP contribution in [0.2, 0.25) is 0 Å². The molecule has 2 aliphatic rings. The molecule has 0 aromatic heterocycles. The number of hydrogen-bond donors (Lipinski definition) is 1. The number of carbonyl (C=O) groups is 3. The van der Waals surface area contributed by atoms with E-state index in [9.17, 15) is 14.4 Å². The third-order valence-electron chi connectivity index (χ3n) is 3.49. The molecule has 0 aliphatic carbocycles. The van der Waals surface area contributed by atoms with Gasteiger partial charge in [-0.1, -0.05) is 18.2 Å². The number of nitrogens with one attached hydrogen (secondary N) is 1. The predicted octanol–water partition coefficient (Wildman–Crippen LogP) is 0.500. The van der Waals surface area contributed by atoms with Gasteiger partial charge >= 0.3 is 0 Å². The number of fused-ring (bicyclic) bond motifs is 1. The van der Waals surface area contributed by atoms with Crippen LogP contribution >= 0.6 is 11.8 Å². The van der Waals surface area contributed by atoms with E-state index in [2.05, 4.69) is 5.32 Å². The van der Waals surface area contributed by atoms with Crippen molar-refractivity contribution in [3.8, 4) is 0 Å². The summed E-state index contributed by atoms with van der Waals surface area (Å²) in [5.74, 6) is 0.541. The van der Waals surface area contributed by atoms with Crippen LogP contribution in [0.1, 0.15) is 5.56 Å². The first kappa shape index (κ1) is 13.9. The average molecular weight is 305 g/mol. The fourth-order valence-corrected chi connectivity index (χ4v) is 3.29. The molecule has 7 heteroatoms. The van der Waals surface area contributed by atoms with E-state index in [1.165, 1.54) is 21.6 Å². The number of thioether (sulfide) groups is 1. The second-order valence-electron chi connectivity index (χ2n) is 5.02. The quantitative estimate of drug-likeness (QED) is 0.864. The van der Waals surface area contributed by atoms with Gasteiger partial charge in [0, 0.05) is 12.2 Å². The number of carbonyl (C=O) groups excluding carboxylic acids is 3. The molecular formula is C14H15N3O3S. The van der Waals surface area contributed by atoms with Gasteiger partial charge in [-0.3, -0.25) is 14.4 Å². The molecule has 0 radical (unpaired) electrons. The molecule has 1 fully saturated rings. The summed E-state index contributed by atoms with van der Waals surface area (Å²) < 4.78 is 0. The summed E-state index contributed by atoms with van der Waals surface area (Å²) in [4.78, 5) is 38.8. The van der Waals surface area contributed by atoms with Crippen LogP contribution in [-0.2, 0) is 20.9 Å². The van der Waals surface area contributed by atoms with E-state index < -0.39 is 0 Å². The van der Waals surface area contributed by atoms with Gasteiger partial charge in [0.05, 0.1) is 11.6 Å². The lowest BCUT2D eigenvalue weighted by atomic mass is 10.1. The molecule has 2 heterocycles. The zero-order valence-corrected chi connectivity index (χ0v) is 12.2. The highest BCUT2D eigenvalue weighted by atomic mass is 32.2. The smallest absolute Gasteiger partial charge is 0.244 e. The molecule has 0 spiro atoms. The fraction of sp³-hybridized carbons (Fsp3) is 0.357. The van der Waals surface area contributed by atoms with Crippen LogP contribution in [-0.4, -0.2) is 52.2 Å². The van der Waals surface area contributed by atoms with Crippen LogP contribution in [0.4, 0.5) is 5.69 Å². The highest BCUT2D eigenvalue weighted by molar-refractivity contribution is 8.00. The van der Waals surface area contributed by atoms with E-state index in [1.807, 2.05) is 24.3 Å². The van der Waals surface area contributed by atoms with E-state index >= 15 is 0 Å². The molecule has 0 bridgehead atoms. The minimum Gasteiger partial charge on any atom is -0.327 e. The Morgan fingerprint density at radius 3 is 2.81 bits per heavy atom. The molecule has 0 atom stereocenters. The second kappa shape index (κ2) is 5.77. The Labute approximate surface area is 126 Å². The van der Waals surface area contributed by atoms with E-state index in [0.29, 0.717) is 18.2 Å². The van der Waals surface area contributed by atoms with Gasteiger partial charge in [0.25, 0.3) is 0 Å². The molecule has 2 aliphatic heterocycles. The van der Waals surface area contributed by atoms with Gasteiger partial charge in [-0.2, -0.15) is 0 Å². The maximum Gasteiger partial charge on any atom is 0.244 e. The van der Waals surface area contributed by atoms with Crippen molar-refractivity contribution in [2.24, 2.45) is 0 Å². The van der Waals surface area contributed by atoms with Gasteiger partial charge in [0.2, 0.25) is 17.7 Å². The molecule has 1 aromatic carbocycles. The van der Waals surface area contributed by atoms with E-state index in [4.69, 9.17) is 0 Å². The minimum absolute atomic E-state index is 0.0166. The zero-order chi connectivity index (χ0) is 14.8. The Bertz CT molecular complexity index is 605. The first-order chi connectivity index (χ1) is 10.1. The first-order valence-electron chi connectivity index (χ1n) is 6.64. The number of para-hydroxylation sites is 1. The molecular weight excluding hydrogens is 290 g/mol. The maximum absolute atomic E-state index is 12.4. The Balaban J connectivity index is 1.74. The standard InChI is InChI=1S/C14H15N3O3S/c18-12-6-16(5-10-3-1-2-4-11(10)15-12)13(19)7-17-9-21-8-14(17)20/h1-4H,5-9H2,(H,15,18). The van der Waals surface area contributed by atoms with Crippen LogP contribution in [0.15, 0.2) is 24.3 Å². The highest BCUT2D eigenvalue weighted by Crippen LogP contribution is 2.21. The van der Waals surface area contributed by atoms with Gasteiger partial charge in [0.1, 0.15) is 13.1 Å². The third-order valence-corrected chi connectivity index (χ3v) is 4.44. The van der Waals surface area contributed by atoms with Crippen molar-refractivity contribution in [1.29, 1.82) is 0 Å². The average Bonchev–Trinajstić information content (AvgIpc) is 2.76. The second-order valence-corrected chi connectivity index (χ2v) is 5.98. The SMILES string of the molecule is O=C1CN(C(=O)CN2CSCC2=O)Cc2ccccc2N1. The van der Waals surface area contributed by atoms with Crippen LogP contribution in [0.25, 0.3) is 0 Å². The number of amides is 3. The summed E-state index contributed by atoms with van der Waals surface area (Å²) in [6.45, 7) is 0.437. The van der Waals surface area contributed by atoms with Crippen molar-refractivity contribution >= 4 is 35.2 Å². The van der Waals surface area contributed by atoms with Gasteiger partial charge < -0.3 is 15.1 Å². The van der Waals surface area contributed by atoms with Crippen LogP contribution in [0.3, 0.4) is 0 Å². The molecule has 21 heavy (non-hydrogen) atoms. The molecule has 0 saturated carbocycles. The van der Waals surface area contributed by atoms with Crippen LogP contribution < -0.4 is 5.32 Å². The lowest BCUT2D eigenvalue weighted by Crippen LogP contribution is -2.42. The third kappa shape index (κ3) is 3.02. The van der Waals surface area contributed by atoms with Crippen molar-refractivity contribution in [1.82, 2.24) is 9.80 Å². The predicted molar refractivity (Wildman–Crippen MR) is 79.5 cm³/mol. The normalized spacial score (nSPS) is 18.3. The summed E-state index contributed by atoms with van der Waals surface area (Å²) in [5, 5.41) is 2.79. The largest absolute Gasteiger partial charge is 0.327 e. The van der Waals surface area contributed by atoms with E-state index in [1.54, 1.807) is 0 Å². The van der Waals surface area contributed by atoms with Crippen molar-refractivity contribution < 1.29 is 14.4 Å². The molecule has 6 nitrogen and oxygen atoms in total. The summed E-state index contributed by atoms with van der Waals surface area (Å²) in [6.07, 6.45) is 0. The number of anilines is 1. The maximum atomic E-state index is 12.4. The Morgan fingerprint density at radius 1 is 1.24 bits per heavy atom. The Morgan fingerprint density at radius 2 is 2.05 bits per heavy atom. The Kier molecular flexibility index (Phi) is 3.83.